The second-order valence-corrected chi connectivity index (χ2v) is 34.7. The zero-order valence-corrected chi connectivity index (χ0v) is 55.7. The molecular formula is C80H86BN3S2. The van der Waals surface area contributed by atoms with Crippen LogP contribution >= 0.6 is 22.7 Å². The van der Waals surface area contributed by atoms with E-state index in [4.69, 9.17) is 0 Å². The fourth-order valence-electron chi connectivity index (χ4n) is 17.7. The number of thiophene rings is 2. The van der Waals surface area contributed by atoms with Crippen molar-refractivity contribution >= 4 is 132 Å². The standard InChI is InChI=1S/C80H86BN3S2/c1-73(2,3)47-27-33-67-53(40-47)51-29-31-59-71(72(51)86-67)83(62-23-21-25-68-69(62)52-22-17-18-24-66(52)85-68)65-44-50(84-61-32-26-48(74(4,5)6)41-58(61)79(15)34-19-20-35-80(79,84)16)43-64-70(65)81(59)60-45-56-57(78(13,14)39-38-77(56,11)12)46-63(60)82(64)49-28-30-54-55(42-49)76(9,10)37-36-75(54,7)8/h17-18,21-33,40-46H,19-20,34-39H2,1-16H3. The van der Waals surface area contributed by atoms with Gasteiger partial charge >= 0.3 is 0 Å². The van der Waals surface area contributed by atoms with Gasteiger partial charge in [0.05, 0.1) is 21.6 Å². The third-order valence-corrected chi connectivity index (χ3v) is 25.8. The van der Waals surface area contributed by atoms with Crippen LogP contribution in [-0.4, -0.2) is 12.3 Å². The molecule has 0 N–H and O–H groups in total. The zero-order chi connectivity index (χ0) is 59.9. The molecule has 0 saturated heterocycles. The van der Waals surface area contributed by atoms with Gasteiger partial charge in [0, 0.05) is 75.2 Å². The molecule has 2 aromatic heterocycles. The number of anilines is 8. The minimum absolute atomic E-state index is 0.00428. The summed E-state index contributed by atoms with van der Waals surface area (Å²) in [6.07, 6.45) is 9.43. The van der Waals surface area contributed by atoms with Crippen LogP contribution in [-0.2, 0) is 37.9 Å². The first-order valence-corrected chi connectivity index (χ1v) is 34.2. The number of rotatable bonds is 3. The maximum absolute atomic E-state index is 2.90. The van der Waals surface area contributed by atoms with Gasteiger partial charge in [-0.1, -0.05) is 183 Å². The average molecular weight is 1160 g/mol. The fourth-order valence-corrected chi connectivity index (χ4v) is 20.1. The summed E-state index contributed by atoms with van der Waals surface area (Å²) in [6, 6.07) is 55.1. The predicted molar refractivity (Wildman–Crippen MR) is 377 cm³/mol. The third-order valence-electron chi connectivity index (χ3n) is 23.4. The lowest BCUT2D eigenvalue weighted by molar-refractivity contribution is 0.195. The van der Waals surface area contributed by atoms with Gasteiger partial charge in [0.2, 0.25) is 0 Å². The molecule has 3 aliphatic heterocycles. The van der Waals surface area contributed by atoms with Crippen LogP contribution < -0.4 is 31.1 Å². The predicted octanol–water partition coefficient (Wildman–Crippen LogP) is 21.5. The Hall–Kier alpha value is -6.34. The van der Waals surface area contributed by atoms with E-state index in [1.54, 1.807) is 0 Å². The molecular weight excluding hydrogens is 1080 g/mol. The Labute approximate surface area is 520 Å². The van der Waals surface area contributed by atoms with Crippen LogP contribution in [0.1, 0.15) is 201 Å². The van der Waals surface area contributed by atoms with Gasteiger partial charge in [-0.2, -0.15) is 0 Å². The second kappa shape index (κ2) is 17.7. The zero-order valence-electron chi connectivity index (χ0n) is 54.1. The number of fused-ring (bicyclic) bond motifs is 16. The van der Waals surface area contributed by atoms with Gasteiger partial charge in [0.1, 0.15) is 0 Å². The Morgan fingerprint density at radius 2 is 1.02 bits per heavy atom. The van der Waals surface area contributed by atoms with Crippen LogP contribution in [0.4, 0.5) is 45.5 Å². The summed E-state index contributed by atoms with van der Waals surface area (Å²) < 4.78 is 5.37. The number of hydrogen-bond acceptors (Lipinski definition) is 5. The molecule has 0 bridgehead atoms. The van der Waals surface area contributed by atoms with Crippen molar-refractivity contribution in [2.24, 2.45) is 0 Å². The molecule has 0 spiro atoms. The SMILES string of the molecule is CC(C)(C)c1ccc2c(c1)C1(C)CCCCC1(C)N2c1cc2c3c(c1)N(c1cccc4sc5ccccc5c14)c1c(ccc4c1sc1ccc(C(C)(C)C)cc14)B3c1cc3c(cc1N2c1ccc2c(c1)C(C)(C)CCC2(C)C)C(C)(C)CCC3(C)C. The van der Waals surface area contributed by atoms with E-state index in [2.05, 4.69) is 259 Å². The van der Waals surface area contributed by atoms with Crippen LogP contribution in [0.3, 0.4) is 0 Å². The molecule has 0 radical (unpaired) electrons. The summed E-state index contributed by atoms with van der Waals surface area (Å²) >= 11 is 3.94. The topological polar surface area (TPSA) is 9.72 Å². The molecule has 3 nitrogen and oxygen atoms in total. The van der Waals surface area contributed by atoms with Crippen molar-refractivity contribution in [2.75, 3.05) is 14.7 Å². The minimum atomic E-state index is -0.178. The summed E-state index contributed by atoms with van der Waals surface area (Å²) in [4.78, 5) is 8.53. The molecule has 436 valence electrons. The lowest BCUT2D eigenvalue weighted by Gasteiger charge is -2.51. The molecule has 10 aromatic rings. The molecule has 8 aromatic carbocycles. The Bertz CT molecular complexity index is 4590. The van der Waals surface area contributed by atoms with Gasteiger partial charge in [-0.3, -0.25) is 0 Å². The first kappa shape index (κ1) is 55.0. The van der Waals surface area contributed by atoms with E-state index in [0.29, 0.717) is 0 Å². The summed E-state index contributed by atoms with van der Waals surface area (Å²) in [5.74, 6) is 0. The van der Waals surface area contributed by atoms with Crippen LogP contribution in [0.25, 0.3) is 40.3 Å². The summed E-state index contributed by atoms with van der Waals surface area (Å²) in [5.41, 5.74) is 25.0. The van der Waals surface area contributed by atoms with E-state index in [9.17, 15) is 0 Å². The van der Waals surface area contributed by atoms with Crippen LogP contribution in [0.2, 0.25) is 0 Å². The Morgan fingerprint density at radius 3 is 1.74 bits per heavy atom. The van der Waals surface area contributed by atoms with E-state index in [1.165, 1.54) is 167 Å². The molecule has 0 amide bonds. The quantitative estimate of drug-likeness (QED) is 0.163. The highest BCUT2D eigenvalue weighted by molar-refractivity contribution is 7.27. The van der Waals surface area contributed by atoms with Crippen molar-refractivity contribution in [3.8, 4) is 0 Å². The summed E-state index contributed by atoms with van der Waals surface area (Å²) in [7, 11) is 0. The average Bonchev–Trinajstić information content (AvgIpc) is 1.15. The van der Waals surface area contributed by atoms with Crippen molar-refractivity contribution in [1.29, 1.82) is 0 Å². The molecule has 2 atom stereocenters. The molecule has 2 unspecified atom stereocenters. The van der Waals surface area contributed by atoms with Gasteiger partial charge < -0.3 is 14.7 Å². The first-order valence-electron chi connectivity index (χ1n) is 32.6. The van der Waals surface area contributed by atoms with E-state index in [0.717, 1.165) is 25.7 Å². The molecule has 86 heavy (non-hydrogen) atoms. The van der Waals surface area contributed by atoms with Gasteiger partial charge in [0.25, 0.3) is 6.71 Å². The van der Waals surface area contributed by atoms with Gasteiger partial charge in [-0.15, -0.1) is 22.7 Å². The van der Waals surface area contributed by atoms with Crippen molar-refractivity contribution in [3.63, 3.8) is 0 Å². The summed E-state index contributed by atoms with van der Waals surface area (Å²) in [6.45, 7) is 39.6. The highest BCUT2D eigenvalue weighted by Crippen LogP contribution is 2.63. The normalized spacial score (nSPS) is 22.2. The molecule has 1 fully saturated rings. The smallest absolute Gasteiger partial charge is 0.252 e. The maximum Gasteiger partial charge on any atom is 0.252 e. The number of nitrogens with zero attached hydrogens (tertiary/aromatic N) is 3. The van der Waals surface area contributed by atoms with Gasteiger partial charge in [0.15, 0.2) is 0 Å². The highest BCUT2D eigenvalue weighted by Gasteiger charge is 2.59. The Balaban J connectivity index is 1.09. The Morgan fingerprint density at radius 1 is 0.407 bits per heavy atom. The molecule has 5 heterocycles. The first-order chi connectivity index (χ1) is 40.6. The molecule has 16 rings (SSSR count). The molecule has 6 aliphatic rings. The fraction of sp³-hybridized carbons (Fsp3) is 0.400. The lowest BCUT2D eigenvalue weighted by atomic mass is 9.33. The van der Waals surface area contributed by atoms with Crippen LogP contribution in [0.5, 0.6) is 0 Å². The van der Waals surface area contributed by atoms with Gasteiger partial charge in [-0.05, 0) is 200 Å². The largest absolute Gasteiger partial charge is 0.334 e. The minimum Gasteiger partial charge on any atom is -0.334 e. The van der Waals surface area contributed by atoms with Crippen LogP contribution in [0.15, 0.2) is 133 Å². The molecule has 3 aliphatic carbocycles. The van der Waals surface area contributed by atoms with Crippen LogP contribution in [0, 0.1) is 0 Å². The summed E-state index contributed by atoms with van der Waals surface area (Å²) in [5, 5.41) is 5.37. The monoisotopic (exact) mass is 1160 g/mol. The van der Waals surface area contributed by atoms with E-state index in [1.807, 2.05) is 22.7 Å². The Kier molecular flexibility index (Phi) is 11.3. The number of hydrogen-bond donors (Lipinski definition) is 0. The molecule has 1 saturated carbocycles. The second-order valence-electron chi connectivity index (χ2n) is 32.5. The van der Waals surface area contributed by atoms with Crippen molar-refractivity contribution in [3.05, 3.63) is 172 Å². The molecule has 6 heteroatoms. The maximum atomic E-state index is 2.90. The van der Waals surface area contributed by atoms with Crippen molar-refractivity contribution in [1.82, 2.24) is 0 Å². The van der Waals surface area contributed by atoms with E-state index < -0.39 is 0 Å². The van der Waals surface area contributed by atoms with E-state index in [-0.39, 0.29) is 50.2 Å². The number of benzene rings is 8. The van der Waals surface area contributed by atoms with Crippen molar-refractivity contribution < 1.29 is 0 Å². The van der Waals surface area contributed by atoms with E-state index >= 15 is 0 Å². The van der Waals surface area contributed by atoms with Gasteiger partial charge in [-0.25, -0.2) is 0 Å². The third kappa shape index (κ3) is 7.50. The van der Waals surface area contributed by atoms with Crippen molar-refractivity contribution in [2.45, 2.75) is 206 Å². The lowest BCUT2D eigenvalue weighted by Crippen LogP contribution is -2.62. The highest BCUT2D eigenvalue weighted by atomic mass is 32.1.